The van der Waals surface area contributed by atoms with Gasteiger partial charge in [-0.3, -0.25) is 4.79 Å². The summed E-state index contributed by atoms with van der Waals surface area (Å²) in [5.74, 6) is 0.977. The number of carbonyl (C=O) groups excluding carboxylic acids is 1. The third-order valence-electron chi connectivity index (χ3n) is 4.77. The van der Waals surface area contributed by atoms with Crippen molar-refractivity contribution in [2.24, 2.45) is 0 Å². The van der Waals surface area contributed by atoms with Crippen LogP contribution in [0, 0.1) is 13.8 Å². The molecule has 1 unspecified atom stereocenters. The van der Waals surface area contributed by atoms with Gasteiger partial charge in [0.05, 0.1) is 13.2 Å². The van der Waals surface area contributed by atoms with Crippen LogP contribution in [0.25, 0.3) is 0 Å². The minimum Gasteiger partial charge on any atom is -0.497 e. The van der Waals surface area contributed by atoms with Crippen molar-refractivity contribution < 1.29 is 9.53 Å². The summed E-state index contributed by atoms with van der Waals surface area (Å²) in [6.45, 7) is 4.94. The van der Waals surface area contributed by atoms with Gasteiger partial charge < -0.3 is 9.64 Å². The van der Waals surface area contributed by atoms with Gasteiger partial charge in [-0.25, -0.2) is 0 Å². The molecule has 3 heteroatoms. The number of hydrogen-bond acceptors (Lipinski definition) is 2. The number of amides is 1. The molecule has 1 aliphatic rings. The predicted octanol–water partition coefficient (Wildman–Crippen LogP) is 4.29. The molecule has 1 aliphatic heterocycles. The monoisotopic (exact) mass is 309 g/mol. The summed E-state index contributed by atoms with van der Waals surface area (Å²) in [6, 6.07) is 14.2. The van der Waals surface area contributed by atoms with Gasteiger partial charge in [0.2, 0.25) is 0 Å². The van der Waals surface area contributed by atoms with Crippen LogP contribution >= 0.6 is 0 Å². The zero-order valence-corrected chi connectivity index (χ0v) is 14.0. The maximum Gasteiger partial charge on any atom is 0.254 e. The fourth-order valence-corrected chi connectivity index (χ4v) is 3.22. The van der Waals surface area contributed by atoms with E-state index in [1.54, 1.807) is 7.11 Å². The Balaban J connectivity index is 1.85. The lowest BCUT2D eigenvalue weighted by Crippen LogP contribution is -2.30. The van der Waals surface area contributed by atoms with Gasteiger partial charge in [0.15, 0.2) is 0 Å². The molecule has 3 nitrogen and oxygen atoms in total. The highest BCUT2D eigenvalue weighted by Gasteiger charge is 2.30. The van der Waals surface area contributed by atoms with Crippen LogP contribution in [0.1, 0.15) is 45.9 Å². The number of carbonyl (C=O) groups is 1. The van der Waals surface area contributed by atoms with E-state index in [-0.39, 0.29) is 11.9 Å². The first-order valence-corrected chi connectivity index (χ1v) is 8.12. The van der Waals surface area contributed by atoms with Crippen LogP contribution < -0.4 is 4.74 Å². The average molecular weight is 309 g/mol. The molecule has 0 saturated carbocycles. The lowest BCUT2D eigenvalue weighted by molar-refractivity contribution is 0.0735. The first kappa shape index (κ1) is 15.6. The summed E-state index contributed by atoms with van der Waals surface area (Å²) in [5.41, 5.74) is 4.35. The van der Waals surface area contributed by atoms with E-state index in [0.717, 1.165) is 36.3 Å². The Morgan fingerprint density at radius 1 is 1.09 bits per heavy atom. The fraction of sp³-hybridized carbons (Fsp3) is 0.350. The second-order valence-electron chi connectivity index (χ2n) is 6.23. The minimum absolute atomic E-state index is 0.131. The fourth-order valence-electron chi connectivity index (χ4n) is 3.22. The van der Waals surface area contributed by atoms with Gasteiger partial charge in [-0.05, 0) is 67.6 Å². The van der Waals surface area contributed by atoms with Gasteiger partial charge in [-0.2, -0.15) is 0 Å². The molecule has 120 valence electrons. The molecule has 0 spiro atoms. The van der Waals surface area contributed by atoms with Crippen molar-refractivity contribution in [3.05, 3.63) is 64.7 Å². The summed E-state index contributed by atoms with van der Waals surface area (Å²) < 4.78 is 5.22. The zero-order chi connectivity index (χ0) is 16.4. The van der Waals surface area contributed by atoms with Gasteiger partial charge in [0, 0.05) is 12.1 Å². The van der Waals surface area contributed by atoms with Crippen LogP contribution in [0.5, 0.6) is 5.75 Å². The summed E-state index contributed by atoms with van der Waals surface area (Å²) in [7, 11) is 1.67. The normalized spacial score (nSPS) is 17.3. The summed E-state index contributed by atoms with van der Waals surface area (Å²) in [4.78, 5) is 14.9. The smallest absolute Gasteiger partial charge is 0.254 e. The molecule has 1 amide bonds. The number of ether oxygens (including phenoxy) is 1. The van der Waals surface area contributed by atoms with Gasteiger partial charge in [0.25, 0.3) is 5.91 Å². The van der Waals surface area contributed by atoms with Crippen molar-refractivity contribution in [2.75, 3.05) is 13.7 Å². The summed E-state index contributed by atoms with van der Waals surface area (Å²) in [5, 5.41) is 0. The van der Waals surface area contributed by atoms with Crippen LogP contribution in [0.4, 0.5) is 0 Å². The van der Waals surface area contributed by atoms with Crippen molar-refractivity contribution >= 4 is 5.91 Å². The summed E-state index contributed by atoms with van der Waals surface area (Å²) in [6.07, 6.45) is 2.07. The number of benzene rings is 2. The Bertz CT molecular complexity index is 706. The van der Waals surface area contributed by atoms with Crippen LogP contribution in [0.3, 0.4) is 0 Å². The standard InChI is InChI=1S/C20H23NO2/c1-14-6-7-17(13-15(14)2)20(22)21-12-4-5-19(21)16-8-10-18(23-3)11-9-16/h6-11,13,19H,4-5,12H2,1-3H3. The molecule has 0 radical (unpaired) electrons. The third kappa shape index (κ3) is 3.09. The van der Waals surface area contributed by atoms with Crippen LogP contribution in [-0.4, -0.2) is 24.5 Å². The molecule has 0 aliphatic carbocycles. The third-order valence-corrected chi connectivity index (χ3v) is 4.77. The first-order chi connectivity index (χ1) is 11.1. The van der Waals surface area contributed by atoms with Crippen LogP contribution in [0.15, 0.2) is 42.5 Å². The highest BCUT2D eigenvalue weighted by Crippen LogP contribution is 2.34. The van der Waals surface area contributed by atoms with Crippen LogP contribution in [-0.2, 0) is 0 Å². The molecule has 1 saturated heterocycles. The van der Waals surface area contributed by atoms with Gasteiger partial charge in [-0.1, -0.05) is 18.2 Å². The average Bonchev–Trinajstić information content (AvgIpc) is 3.06. The number of hydrogen-bond donors (Lipinski definition) is 0. The van der Waals surface area contributed by atoms with Crippen molar-refractivity contribution in [2.45, 2.75) is 32.7 Å². The van der Waals surface area contributed by atoms with Gasteiger partial charge in [0.1, 0.15) is 5.75 Å². The molecule has 1 fully saturated rings. The molecule has 3 rings (SSSR count). The highest BCUT2D eigenvalue weighted by atomic mass is 16.5. The Hall–Kier alpha value is -2.29. The van der Waals surface area contributed by atoms with Crippen molar-refractivity contribution in [1.29, 1.82) is 0 Å². The molecular weight excluding hydrogens is 286 g/mol. The largest absolute Gasteiger partial charge is 0.497 e. The molecule has 2 aromatic rings. The Labute approximate surface area is 137 Å². The van der Waals surface area contributed by atoms with Crippen molar-refractivity contribution in [3.63, 3.8) is 0 Å². The van der Waals surface area contributed by atoms with E-state index >= 15 is 0 Å². The van der Waals surface area contributed by atoms with E-state index in [9.17, 15) is 4.79 Å². The molecule has 0 bridgehead atoms. The number of rotatable bonds is 3. The number of methoxy groups -OCH3 is 1. The van der Waals surface area contributed by atoms with E-state index < -0.39 is 0 Å². The Morgan fingerprint density at radius 2 is 1.83 bits per heavy atom. The van der Waals surface area contributed by atoms with Crippen LogP contribution in [0.2, 0.25) is 0 Å². The first-order valence-electron chi connectivity index (χ1n) is 8.12. The molecule has 0 aromatic heterocycles. The number of nitrogens with zero attached hydrogens (tertiary/aromatic N) is 1. The quantitative estimate of drug-likeness (QED) is 0.846. The molecule has 1 atom stereocenters. The topological polar surface area (TPSA) is 29.5 Å². The SMILES string of the molecule is COc1ccc(C2CCCN2C(=O)c2ccc(C)c(C)c2)cc1. The molecule has 2 aromatic carbocycles. The zero-order valence-electron chi connectivity index (χ0n) is 14.0. The second kappa shape index (κ2) is 6.45. The lowest BCUT2D eigenvalue weighted by Gasteiger charge is -2.25. The van der Waals surface area contributed by atoms with Crippen molar-refractivity contribution in [3.8, 4) is 5.75 Å². The van der Waals surface area contributed by atoms with E-state index in [0.29, 0.717) is 0 Å². The number of aryl methyl sites for hydroxylation is 2. The summed E-state index contributed by atoms with van der Waals surface area (Å²) >= 11 is 0. The van der Waals surface area contributed by atoms with E-state index in [4.69, 9.17) is 4.74 Å². The maximum absolute atomic E-state index is 12.9. The van der Waals surface area contributed by atoms with E-state index in [1.807, 2.05) is 35.2 Å². The Kier molecular flexibility index (Phi) is 4.37. The Morgan fingerprint density at radius 3 is 2.48 bits per heavy atom. The highest BCUT2D eigenvalue weighted by molar-refractivity contribution is 5.95. The maximum atomic E-state index is 12.9. The predicted molar refractivity (Wildman–Crippen MR) is 91.9 cm³/mol. The molecule has 0 N–H and O–H groups in total. The molecule has 23 heavy (non-hydrogen) atoms. The number of likely N-dealkylation sites (tertiary alicyclic amines) is 1. The molecule has 1 heterocycles. The van der Waals surface area contributed by atoms with Crippen molar-refractivity contribution in [1.82, 2.24) is 4.90 Å². The second-order valence-corrected chi connectivity index (χ2v) is 6.23. The van der Waals surface area contributed by atoms with Gasteiger partial charge in [-0.15, -0.1) is 0 Å². The lowest BCUT2D eigenvalue weighted by atomic mass is 10.0. The van der Waals surface area contributed by atoms with Gasteiger partial charge >= 0.3 is 0 Å². The minimum atomic E-state index is 0.131. The van der Waals surface area contributed by atoms with E-state index in [1.165, 1.54) is 11.1 Å². The molecular formula is C20H23NO2. The van der Waals surface area contributed by atoms with E-state index in [2.05, 4.69) is 26.0 Å².